The highest BCUT2D eigenvalue weighted by atomic mass is 32.1. The number of anilines is 1. The van der Waals surface area contributed by atoms with Crippen LogP contribution in [-0.2, 0) is 12.6 Å². The largest absolute Gasteiger partial charge is 0.453 e. The van der Waals surface area contributed by atoms with Crippen LogP contribution in [-0.4, -0.2) is 31.3 Å². The summed E-state index contributed by atoms with van der Waals surface area (Å²) in [5.74, 6) is -0.786. The lowest BCUT2D eigenvalue weighted by Crippen LogP contribution is -2.14. The Balaban J connectivity index is 1.66. The molecule has 0 aliphatic heterocycles. The summed E-state index contributed by atoms with van der Waals surface area (Å²) in [6, 6.07) is 3.02. The predicted octanol–water partition coefficient (Wildman–Crippen LogP) is 2.64. The van der Waals surface area contributed by atoms with Crippen LogP contribution < -0.4 is 5.32 Å². The van der Waals surface area contributed by atoms with Gasteiger partial charge in [0.1, 0.15) is 5.82 Å². The fourth-order valence-corrected chi connectivity index (χ4v) is 2.56. The van der Waals surface area contributed by atoms with Crippen molar-refractivity contribution in [2.75, 3.05) is 11.9 Å². The van der Waals surface area contributed by atoms with Gasteiger partial charge in [0.2, 0.25) is 0 Å². The molecule has 0 saturated heterocycles. The average Bonchev–Trinajstić information content (AvgIpc) is 3.11. The molecule has 3 aromatic heterocycles. The predicted molar refractivity (Wildman–Crippen MR) is 74.7 cm³/mol. The zero-order valence-corrected chi connectivity index (χ0v) is 12.0. The molecule has 0 spiro atoms. The minimum absolute atomic E-state index is 0.0562. The minimum Gasteiger partial charge on any atom is -0.369 e. The van der Waals surface area contributed by atoms with Gasteiger partial charge in [-0.2, -0.15) is 17.7 Å². The lowest BCUT2D eigenvalue weighted by Gasteiger charge is -2.07. The topological polar surface area (TPSA) is 68.0 Å². The van der Waals surface area contributed by atoms with Gasteiger partial charge >= 0.3 is 6.18 Å². The number of alkyl halides is 3. The maximum Gasteiger partial charge on any atom is 0.453 e. The van der Waals surface area contributed by atoms with Crippen molar-refractivity contribution >= 4 is 22.8 Å². The molecule has 1 N–H and O–H groups in total. The monoisotopic (exact) mass is 328 g/mol. The lowest BCUT2D eigenvalue weighted by atomic mass is 10.3. The van der Waals surface area contributed by atoms with Crippen LogP contribution in [0.25, 0.3) is 5.65 Å². The Morgan fingerprint density at radius 2 is 2.09 bits per heavy atom. The van der Waals surface area contributed by atoms with E-state index >= 15 is 0 Å². The molecule has 0 unspecified atom stereocenters. The number of aromatic nitrogens is 5. The number of thiazole rings is 1. The number of fused-ring (bicyclic) bond motifs is 1. The summed E-state index contributed by atoms with van der Waals surface area (Å²) < 4.78 is 39.0. The van der Waals surface area contributed by atoms with E-state index in [0.717, 1.165) is 17.8 Å². The van der Waals surface area contributed by atoms with Crippen molar-refractivity contribution in [1.82, 2.24) is 24.8 Å². The fourth-order valence-electron chi connectivity index (χ4n) is 1.89. The second-order valence-corrected chi connectivity index (χ2v) is 5.45. The van der Waals surface area contributed by atoms with Crippen LogP contribution in [0.2, 0.25) is 0 Å². The maximum absolute atomic E-state index is 12.8. The Hall–Kier alpha value is -2.23. The molecule has 22 heavy (non-hydrogen) atoms. The van der Waals surface area contributed by atoms with Crippen LogP contribution in [0.3, 0.4) is 0 Å². The molecule has 3 aromatic rings. The molecule has 0 aliphatic rings. The average molecular weight is 328 g/mol. The Labute approximate surface area is 127 Å². The van der Waals surface area contributed by atoms with Gasteiger partial charge in [-0.3, -0.25) is 0 Å². The second kappa shape index (κ2) is 5.87. The molecular formula is C12H11F3N6S. The first-order valence-electron chi connectivity index (χ1n) is 6.46. The highest BCUT2D eigenvalue weighted by molar-refractivity contribution is 7.09. The van der Waals surface area contributed by atoms with Gasteiger partial charge < -0.3 is 5.32 Å². The van der Waals surface area contributed by atoms with E-state index in [9.17, 15) is 13.2 Å². The molecule has 0 bridgehead atoms. The molecule has 0 aliphatic carbocycles. The summed E-state index contributed by atoms with van der Waals surface area (Å²) in [5.41, 5.74) is 0.0562. The normalized spacial score (nSPS) is 12.0. The molecule has 3 heterocycles. The van der Waals surface area contributed by atoms with Crippen molar-refractivity contribution < 1.29 is 13.2 Å². The first-order chi connectivity index (χ1) is 10.5. The van der Waals surface area contributed by atoms with Crippen LogP contribution in [0.15, 0.2) is 23.7 Å². The van der Waals surface area contributed by atoms with Crippen molar-refractivity contribution in [1.29, 1.82) is 0 Å². The SMILES string of the molecule is FC(F)(F)c1nnc2ccc(NCCCc3nccs3)nn12. The molecule has 0 saturated carbocycles. The van der Waals surface area contributed by atoms with E-state index < -0.39 is 12.0 Å². The second-order valence-electron chi connectivity index (χ2n) is 4.47. The number of rotatable bonds is 5. The van der Waals surface area contributed by atoms with Crippen LogP contribution in [0.4, 0.5) is 19.0 Å². The smallest absolute Gasteiger partial charge is 0.369 e. The van der Waals surface area contributed by atoms with Crippen molar-refractivity contribution in [2.45, 2.75) is 19.0 Å². The summed E-state index contributed by atoms with van der Waals surface area (Å²) in [4.78, 5) is 4.16. The van der Waals surface area contributed by atoms with Gasteiger partial charge in [0.15, 0.2) is 5.65 Å². The minimum atomic E-state index is -4.59. The number of halogens is 3. The van der Waals surface area contributed by atoms with E-state index in [-0.39, 0.29) is 5.65 Å². The molecule has 10 heteroatoms. The van der Waals surface area contributed by atoms with Gasteiger partial charge in [0.05, 0.1) is 5.01 Å². The number of aryl methyl sites for hydroxylation is 1. The first-order valence-corrected chi connectivity index (χ1v) is 7.34. The molecule has 116 valence electrons. The van der Waals surface area contributed by atoms with Crippen molar-refractivity contribution in [2.24, 2.45) is 0 Å². The number of nitrogens with zero attached hydrogens (tertiary/aromatic N) is 5. The van der Waals surface area contributed by atoms with E-state index in [1.54, 1.807) is 23.6 Å². The summed E-state index contributed by atoms with van der Waals surface area (Å²) in [6.45, 7) is 0.585. The molecule has 6 nitrogen and oxygen atoms in total. The van der Waals surface area contributed by atoms with Crippen LogP contribution >= 0.6 is 11.3 Å². The first kappa shape index (κ1) is 14.7. The van der Waals surface area contributed by atoms with Gasteiger partial charge in [0, 0.05) is 24.5 Å². The summed E-state index contributed by atoms with van der Waals surface area (Å²) in [7, 11) is 0. The number of hydrogen-bond acceptors (Lipinski definition) is 6. The summed E-state index contributed by atoms with van der Waals surface area (Å²) in [6.07, 6.45) is -1.22. The molecule has 0 aromatic carbocycles. The van der Waals surface area contributed by atoms with Crippen LogP contribution in [0.5, 0.6) is 0 Å². The van der Waals surface area contributed by atoms with E-state index in [4.69, 9.17) is 0 Å². The maximum atomic E-state index is 12.8. The molecular weight excluding hydrogens is 317 g/mol. The Kier molecular flexibility index (Phi) is 3.92. The molecule has 0 amide bonds. The zero-order chi connectivity index (χ0) is 15.6. The van der Waals surface area contributed by atoms with Gasteiger partial charge in [0.25, 0.3) is 5.82 Å². The Bertz CT molecular complexity index is 752. The van der Waals surface area contributed by atoms with Crippen LogP contribution in [0, 0.1) is 0 Å². The van der Waals surface area contributed by atoms with E-state index in [1.165, 1.54) is 6.07 Å². The van der Waals surface area contributed by atoms with E-state index in [2.05, 4.69) is 25.6 Å². The van der Waals surface area contributed by atoms with Crippen molar-refractivity contribution in [3.05, 3.63) is 34.5 Å². The summed E-state index contributed by atoms with van der Waals surface area (Å²) >= 11 is 1.58. The van der Waals surface area contributed by atoms with Gasteiger partial charge in [-0.25, -0.2) is 4.98 Å². The molecule has 0 atom stereocenters. The van der Waals surface area contributed by atoms with E-state index in [0.29, 0.717) is 16.9 Å². The standard InChI is InChI=1S/C12H11F3N6S/c13-12(14,15)11-19-18-9-4-3-8(20-21(9)11)16-5-1-2-10-17-6-7-22-10/h3-4,6-7H,1-2,5H2,(H,16,20). The van der Waals surface area contributed by atoms with Gasteiger partial charge in [-0.1, -0.05) is 0 Å². The lowest BCUT2D eigenvalue weighted by molar-refractivity contribution is -0.146. The zero-order valence-electron chi connectivity index (χ0n) is 11.2. The third kappa shape index (κ3) is 3.16. The third-order valence-corrected chi connectivity index (χ3v) is 3.71. The van der Waals surface area contributed by atoms with Crippen molar-refractivity contribution in [3.8, 4) is 0 Å². The molecule has 0 radical (unpaired) electrons. The van der Waals surface area contributed by atoms with Crippen molar-refractivity contribution in [3.63, 3.8) is 0 Å². The number of hydrogen-bond donors (Lipinski definition) is 1. The molecule has 3 rings (SSSR count). The van der Waals surface area contributed by atoms with Gasteiger partial charge in [-0.05, 0) is 18.6 Å². The summed E-state index contributed by atoms with van der Waals surface area (Å²) in [5, 5.41) is 16.4. The van der Waals surface area contributed by atoms with E-state index in [1.807, 2.05) is 5.38 Å². The van der Waals surface area contributed by atoms with Crippen LogP contribution in [0.1, 0.15) is 17.3 Å². The quantitative estimate of drug-likeness (QED) is 0.729. The molecule has 0 fully saturated rings. The highest BCUT2D eigenvalue weighted by Crippen LogP contribution is 2.27. The fraction of sp³-hybridized carbons (Fsp3) is 0.333. The highest BCUT2D eigenvalue weighted by Gasteiger charge is 2.37. The number of nitrogens with one attached hydrogen (secondary N) is 1. The Morgan fingerprint density at radius 3 is 2.82 bits per heavy atom. The van der Waals surface area contributed by atoms with Gasteiger partial charge in [-0.15, -0.1) is 26.6 Å². The Morgan fingerprint density at radius 1 is 1.23 bits per heavy atom. The third-order valence-electron chi connectivity index (χ3n) is 2.87.